The highest BCUT2D eigenvalue weighted by atomic mass is 35.5. The Morgan fingerprint density at radius 2 is 1.85 bits per heavy atom. The SMILES string of the molecule is CNC(Cc1cccc(Cl)c1)C1(c2ccccc2)CC1. The molecule has 20 heavy (non-hydrogen) atoms. The van der Waals surface area contributed by atoms with Crippen LogP contribution in [0.15, 0.2) is 54.6 Å². The van der Waals surface area contributed by atoms with E-state index >= 15 is 0 Å². The molecule has 0 radical (unpaired) electrons. The predicted octanol–water partition coefficient (Wildman–Crippen LogP) is 4.20. The molecular formula is C18H20ClN. The van der Waals surface area contributed by atoms with Crippen molar-refractivity contribution in [2.45, 2.75) is 30.7 Å². The molecule has 1 aliphatic carbocycles. The van der Waals surface area contributed by atoms with Gasteiger partial charge in [0.1, 0.15) is 0 Å². The van der Waals surface area contributed by atoms with Crippen LogP contribution >= 0.6 is 11.6 Å². The van der Waals surface area contributed by atoms with E-state index < -0.39 is 0 Å². The van der Waals surface area contributed by atoms with Gasteiger partial charge in [-0.05, 0) is 49.6 Å². The fraction of sp³-hybridized carbons (Fsp3) is 0.333. The van der Waals surface area contributed by atoms with Gasteiger partial charge in [-0.3, -0.25) is 0 Å². The minimum atomic E-state index is 0.304. The Balaban J connectivity index is 1.84. The van der Waals surface area contributed by atoms with Crippen molar-refractivity contribution in [2.75, 3.05) is 7.05 Å². The van der Waals surface area contributed by atoms with Crippen LogP contribution in [0.4, 0.5) is 0 Å². The average Bonchev–Trinajstić information content (AvgIpc) is 3.27. The molecule has 1 N–H and O–H groups in total. The van der Waals surface area contributed by atoms with Gasteiger partial charge in [0.2, 0.25) is 0 Å². The van der Waals surface area contributed by atoms with Gasteiger partial charge in [-0.25, -0.2) is 0 Å². The molecule has 0 spiro atoms. The summed E-state index contributed by atoms with van der Waals surface area (Å²) in [7, 11) is 2.07. The van der Waals surface area contributed by atoms with Crippen LogP contribution in [0.25, 0.3) is 0 Å². The lowest BCUT2D eigenvalue weighted by atomic mass is 9.84. The van der Waals surface area contributed by atoms with E-state index in [-0.39, 0.29) is 0 Å². The number of nitrogens with one attached hydrogen (secondary N) is 1. The van der Waals surface area contributed by atoms with Crippen molar-refractivity contribution in [3.63, 3.8) is 0 Å². The summed E-state index contributed by atoms with van der Waals surface area (Å²) < 4.78 is 0. The summed E-state index contributed by atoms with van der Waals surface area (Å²) in [5.41, 5.74) is 3.07. The molecule has 104 valence electrons. The maximum Gasteiger partial charge on any atom is 0.0408 e. The first-order valence-electron chi connectivity index (χ1n) is 7.22. The zero-order valence-electron chi connectivity index (χ0n) is 11.8. The molecule has 0 heterocycles. The van der Waals surface area contributed by atoms with Gasteiger partial charge in [-0.15, -0.1) is 0 Å². The highest BCUT2D eigenvalue weighted by Crippen LogP contribution is 2.51. The minimum Gasteiger partial charge on any atom is -0.316 e. The number of halogens is 1. The molecule has 1 fully saturated rings. The number of hydrogen-bond donors (Lipinski definition) is 1. The van der Waals surface area contributed by atoms with Crippen LogP contribution in [0, 0.1) is 0 Å². The van der Waals surface area contributed by atoms with Gasteiger partial charge in [0.25, 0.3) is 0 Å². The molecule has 3 rings (SSSR count). The van der Waals surface area contributed by atoms with Gasteiger partial charge < -0.3 is 5.32 Å². The Kier molecular flexibility index (Phi) is 3.82. The zero-order chi connectivity index (χ0) is 14.0. The molecular weight excluding hydrogens is 266 g/mol. The molecule has 1 nitrogen and oxygen atoms in total. The summed E-state index contributed by atoms with van der Waals surface area (Å²) in [6.07, 6.45) is 3.55. The zero-order valence-corrected chi connectivity index (χ0v) is 12.5. The van der Waals surface area contributed by atoms with Crippen LogP contribution < -0.4 is 5.32 Å². The highest BCUT2D eigenvalue weighted by Gasteiger charge is 2.49. The van der Waals surface area contributed by atoms with Crippen molar-refractivity contribution in [3.05, 3.63) is 70.7 Å². The Hall–Kier alpha value is -1.31. The van der Waals surface area contributed by atoms with E-state index in [4.69, 9.17) is 11.6 Å². The van der Waals surface area contributed by atoms with Gasteiger partial charge in [-0.1, -0.05) is 54.1 Å². The van der Waals surface area contributed by atoms with Crippen LogP contribution in [0.3, 0.4) is 0 Å². The normalized spacial score (nSPS) is 17.7. The van der Waals surface area contributed by atoms with E-state index in [2.05, 4.69) is 54.8 Å². The molecule has 0 bridgehead atoms. The van der Waals surface area contributed by atoms with Crippen LogP contribution in [-0.4, -0.2) is 13.1 Å². The Labute approximate surface area is 126 Å². The van der Waals surface area contributed by atoms with E-state index in [1.54, 1.807) is 0 Å². The molecule has 2 aromatic rings. The number of benzene rings is 2. The second-order valence-corrected chi connectivity index (χ2v) is 6.13. The quantitative estimate of drug-likeness (QED) is 0.868. The third kappa shape index (κ3) is 2.61. The van der Waals surface area contributed by atoms with Gasteiger partial charge in [0.05, 0.1) is 0 Å². The van der Waals surface area contributed by atoms with Gasteiger partial charge >= 0.3 is 0 Å². The van der Waals surface area contributed by atoms with E-state index in [1.807, 2.05) is 12.1 Å². The summed E-state index contributed by atoms with van der Waals surface area (Å²) in [5, 5.41) is 4.35. The molecule has 0 amide bonds. The Morgan fingerprint density at radius 1 is 1.10 bits per heavy atom. The predicted molar refractivity (Wildman–Crippen MR) is 85.4 cm³/mol. The monoisotopic (exact) mass is 285 g/mol. The standard InChI is InChI=1S/C18H20ClN/c1-20-17(13-14-6-5-9-16(19)12-14)18(10-11-18)15-7-3-2-4-8-15/h2-9,12,17,20H,10-11,13H2,1H3. The third-order valence-electron chi connectivity index (χ3n) is 4.48. The molecule has 1 unspecified atom stereocenters. The fourth-order valence-corrected chi connectivity index (χ4v) is 3.43. The number of rotatable bonds is 5. The number of hydrogen-bond acceptors (Lipinski definition) is 1. The van der Waals surface area contributed by atoms with Crippen molar-refractivity contribution in [1.29, 1.82) is 0 Å². The molecule has 2 heteroatoms. The third-order valence-corrected chi connectivity index (χ3v) is 4.72. The highest BCUT2D eigenvalue weighted by molar-refractivity contribution is 6.30. The fourth-order valence-electron chi connectivity index (χ4n) is 3.22. The summed E-state index contributed by atoms with van der Waals surface area (Å²) in [6.45, 7) is 0. The second kappa shape index (κ2) is 5.59. The Morgan fingerprint density at radius 3 is 2.45 bits per heavy atom. The largest absolute Gasteiger partial charge is 0.316 e. The van der Waals surface area contributed by atoms with Crippen molar-refractivity contribution >= 4 is 11.6 Å². The molecule has 0 aromatic heterocycles. The molecule has 1 aliphatic rings. The summed E-state index contributed by atoms with van der Waals surface area (Å²) in [4.78, 5) is 0. The second-order valence-electron chi connectivity index (χ2n) is 5.70. The topological polar surface area (TPSA) is 12.0 Å². The van der Waals surface area contributed by atoms with E-state index in [1.165, 1.54) is 24.0 Å². The van der Waals surface area contributed by atoms with Gasteiger partial charge in [0.15, 0.2) is 0 Å². The van der Waals surface area contributed by atoms with Crippen LogP contribution in [0.2, 0.25) is 5.02 Å². The minimum absolute atomic E-state index is 0.304. The molecule has 2 aromatic carbocycles. The van der Waals surface area contributed by atoms with Crippen LogP contribution in [-0.2, 0) is 11.8 Å². The first-order valence-corrected chi connectivity index (χ1v) is 7.60. The lowest BCUT2D eigenvalue weighted by molar-refractivity contribution is 0.442. The molecule has 1 atom stereocenters. The smallest absolute Gasteiger partial charge is 0.0408 e. The molecule has 0 aliphatic heterocycles. The van der Waals surface area contributed by atoms with E-state index in [0.717, 1.165) is 11.4 Å². The lowest BCUT2D eigenvalue weighted by Crippen LogP contribution is -2.39. The first kappa shape index (κ1) is 13.7. The van der Waals surface area contributed by atoms with Crippen molar-refractivity contribution in [3.8, 4) is 0 Å². The first-order chi connectivity index (χ1) is 9.74. The molecule has 0 saturated heterocycles. The van der Waals surface area contributed by atoms with Gasteiger partial charge in [-0.2, -0.15) is 0 Å². The molecule has 1 saturated carbocycles. The van der Waals surface area contributed by atoms with E-state index in [0.29, 0.717) is 11.5 Å². The lowest BCUT2D eigenvalue weighted by Gasteiger charge is -2.27. The van der Waals surface area contributed by atoms with Crippen LogP contribution in [0.1, 0.15) is 24.0 Å². The summed E-state index contributed by atoms with van der Waals surface area (Å²) in [5.74, 6) is 0. The van der Waals surface area contributed by atoms with Crippen molar-refractivity contribution in [2.24, 2.45) is 0 Å². The van der Waals surface area contributed by atoms with Crippen molar-refractivity contribution < 1.29 is 0 Å². The summed E-state index contributed by atoms with van der Waals surface area (Å²) >= 11 is 6.10. The van der Waals surface area contributed by atoms with E-state index in [9.17, 15) is 0 Å². The number of likely N-dealkylation sites (N-methyl/N-ethyl adjacent to an activating group) is 1. The van der Waals surface area contributed by atoms with Crippen LogP contribution in [0.5, 0.6) is 0 Å². The average molecular weight is 286 g/mol. The van der Waals surface area contributed by atoms with Gasteiger partial charge in [0, 0.05) is 16.5 Å². The maximum atomic E-state index is 6.10. The summed E-state index contributed by atoms with van der Waals surface area (Å²) in [6, 6.07) is 19.6. The Bertz CT molecular complexity index is 575. The van der Waals surface area contributed by atoms with Crippen molar-refractivity contribution in [1.82, 2.24) is 5.32 Å². The maximum absolute atomic E-state index is 6.10.